The van der Waals surface area contributed by atoms with Crippen LogP contribution in [0.25, 0.3) is 0 Å². The third kappa shape index (κ3) is 3.22. The molecule has 104 valence electrons. The number of aryl methyl sites for hydroxylation is 1. The largest absolute Gasteiger partial charge is 0.344 e. The fourth-order valence-corrected chi connectivity index (χ4v) is 2.08. The van der Waals surface area contributed by atoms with E-state index in [4.69, 9.17) is 5.73 Å². The highest BCUT2D eigenvalue weighted by Gasteiger charge is 2.15. The van der Waals surface area contributed by atoms with Gasteiger partial charge in [-0.25, -0.2) is 4.39 Å². The zero-order valence-corrected chi connectivity index (χ0v) is 11.3. The molecule has 0 fully saturated rings. The molecule has 0 aliphatic carbocycles. The van der Waals surface area contributed by atoms with Gasteiger partial charge >= 0.3 is 0 Å². The summed E-state index contributed by atoms with van der Waals surface area (Å²) >= 11 is 0. The van der Waals surface area contributed by atoms with Crippen LogP contribution in [0.5, 0.6) is 0 Å². The molecule has 0 saturated carbocycles. The van der Waals surface area contributed by atoms with Crippen LogP contribution in [0.1, 0.15) is 27.5 Å². The minimum absolute atomic E-state index is 0.248. The number of carbonyl (C=O) groups is 1. The molecule has 0 aliphatic heterocycles. The molecule has 20 heavy (non-hydrogen) atoms. The van der Waals surface area contributed by atoms with Gasteiger partial charge in [0.05, 0.1) is 6.04 Å². The molecule has 0 saturated heterocycles. The zero-order valence-electron chi connectivity index (χ0n) is 11.3. The first kappa shape index (κ1) is 14.2. The van der Waals surface area contributed by atoms with Crippen LogP contribution in [0.2, 0.25) is 0 Å². The second-order valence-electron chi connectivity index (χ2n) is 4.63. The Balaban J connectivity index is 2.17. The van der Waals surface area contributed by atoms with Crippen LogP contribution < -0.4 is 11.1 Å². The molecular weight excluding hydrogens is 255 g/mol. The SMILES string of the molecule is Cc1cc(F)ccc1C(=O)NC(CN)c1ccccc1. The maximum Gasteiger partial charge on any atom is 0.252 e. The summed E-state index contributed by atoms with van der Waals surface area (Å²) in [4.78, 5) is 12.2. The molecule has 1 atom stereocenters. The minimum Gasteiger partial charge on any atom is -0.344 e. The Morgan fingerprint density at radius 1 is 1.25 bits per heavy atom. The Morgan fingerprint density at radius 3 is 2.55 bits per heavy atom. The highest BCUT2D eigenvalue weighted by molar-refractivity contribution is 5.95. The molecule has 0 radical (unpaired) electrons. The number of nitrogens with one attached hydrogen (secondary N) is 1. The first-order valence-corrected chi connectivity index (χ1v) is 6.44. The fraction of sp³-hybridized carbons (Fsp3) is 0.188. The van der Waals surface area contributed by atoms with Crippen molar-refractivity contribution in [1.29, 1.82) is 0 Å². The second kappa shape index (κ2) is 6.30. The number of amides is 1. The summed E-state index contributed by atoms with van der Waals surface area (Å²) in [5.74, 6) is -0.598. The number of benzene rings is 2. The van der Waals surface area contributed by atoms with Crippen molar-refractivity contribution in [2.45, 2.75) is 13.0 Å². The number of carbonyl (C=O) groups excluding carboxylic acids is 1. The maximum absolute atomic E-state index is 13.1. The second-order valence-corrected chi connectivity index (χ2v) is 4.63. The average Bonchev–Trinajstić information content (AvgIpc) is 2.45. The fourth-order valence-electron chi connectivity index (χ4n) is 2.08. The van der Waals surface area contributed by atoms with E-state index in [1.54, 1.807) is 6.92 Å². The number of nitrogens with two attached hydrogens (primary N) is 1. The smallest absolute Gasteiger partial charge is 0.252 e. The van der Waals surface area contributed by atoms with Crippen LogP contribution in [0.3, 0.4) is 0 Å². The summed E-state index contributed by atoms with van der Waals surface area (Å²) in [6.07, 6.45) is 0. The van der Waals surface area contributed by atoms with E-state index in [0.717, 1.165) is 5.56 Å². The normalized spacial score (nSPS) is 11.9. The molecular formula is C16H17FN2O. The van der Waals surface area contributed by atoms with Crippen molar-refractivity contribution in [3.05, 3.63) is 71.0 Å². The topological polar surface area (TPSA) is 55.1 Å². The van der Waals surface area contributed by atoms with Gasteiger partial charge in [0.15, 0.2) is 0 Å². The van der Waals surface area contributed by atoms with Crippen molar-refractivity contribution in [1.82, 2.24) is 5.32 Å². The van der Waals surface area contributed by atoms with Crippen LogP contribution in [-0.2, 0) is 0 Å². The summed E-state index contributed by atoms with van der Waals surface area (Å²) in [6, 6.07) is 13.4. The molecule has 2 rings (SSSR count). The minimum atomic E-state index is -0.350. The number of hydrogen-bond acceptors (Lipinski definition) is 2. The molecule has 0 spiro atoms. The molecule has 0 aromatic heterocycles. The van der Waals surface area contributed by atoms with Gasteiger partial charge in [0.25, 0.3) is 5.91 Å². The lowest BCUT2D eigenvalue weighted by Crippen LogP contribution is -2.33. The van der Waals surface area contributed by atoms with E-state index < -0.39 is 0 Å². The van der Waals surface area contributed by atoms with Gasteiger partial charge in [-0.3, -0.25) is 4.79 Å². The highest BCUT2D eigenvalue weighted by Crippen LogP contribution is 2.14. The van der Waals surface area contributed by atoms with Crippen LogP contribution in [0.15, 0.2) is 48.5 Å². The summed E-state index contributed by atoms with van der Waals surface area (Å²) in [6.45, 7) is 2.01. The Bertz CT molecular complexity index is 599. The summed E-state index contributed by atoms with van der Waals surface area (Å²) in [7, 11) is 0. The van der Waals surface area contributed by atoms with Gasteiger partial charge in [-0.15, -0.1) is 0 Å². The first-order chi connectivity index (χ1) is 9.61. The number of hydrogen-bond donors (Lipinski definition) is 2. The Hall–Kier alpha value is -2.20. The number of halogens is 1. The van der Waals surface area contributed by atoms with E-state index in [0.29, 0.717) is 17.7 Å². The zero-order chi connectivity index (χ0) is 14.5. The molecule has 2 aromatic carbocycles. The van der Waals surface area contributed by atoms with Gasteiger partial charge in [-0.2, -0.15) is 0 Å². The van der Waals surface area contributed by atoms with Gasteiger partial charge in [0.1, 0.15) is 5.82 Å². The van der Waals surface area contributed by atoms with Gasteiger partial charge in [-0.1, -0.05) is 30.3 Å². The molecule has 3 nitrogen and oxygen atoms in total. The molecule has 0 bridgehead atoms. The standard InChI is InChI=1S/C16H17FN2O/c1-11-9-13(17)7-8-14(11)16(20)19-15(10-18)12-5-3-2-4-6-12/h2-9,15H,10,18H2,1H3,(H,19,20). The third-order valence-electron chi connectivity index (χ3n) is 3.18. The van der Waals surface area contributed by atoms with E-state index in [1.165, 1.54) is 18.2 Å². The van der Waals surface area contributed by atoms with Crippen LogP contribution in [0.4, 0.5) is 4.39 Å². The Labute approximate surface area is 117 Å². The summed E-state index contributed by atoms with van der Waals surface area (Å²) in [5.41, 5.74) is 7.73. The molecule has 1 unspecified atom stereocenters. The Morgan fingerprint density at radius 2 is 1.95 bits per heavy atom. The lowest BCUT2D eigenvalue weighted by Gasteiger charge is -2.18. The summed E-state index contributed by atoms with van der Waals surface area (Å²) < 4.78 is 13.1. The van der Waals surface area contributed by atoms with Crippen molar-refractivity contribution in [2.24, 2.45) is 5.73 Å². The van der Waals surface area contributed by atoms with Crippen molar-refractivity contribution in [2.75, 3.05) is 6.54 Å². The van der Waals surface area contributed by atoms with E-state index in [1.807, 2.05) is 30.3 Å². The molecule has 1 amide bonds. The highest BCUT2D eigenvalue weighted by atomic mass is 19.1. The summed E-state index contributed by atoms with van der Waals surface area (Å²) in [5, 5.41) is 2.87. The Kier molecular flexibility index (Phi) is 4.48. The van der Waals surface area contributed by atoms with E-state index in [2.05, 4.69) is 5.32 Å². The maximum atomic E-state index is 13.1. The molecule has 0 heterocycles. The third-order valence-corrected chi connectivity index (χ3v) is 3.18. The average molecular weight is 272 g/mol. The quantitative estimate of drug-likeness (QED) is 0.898. The van der Waals surface area contributed by atoms with Crippen molar-refractivity contribution < 1.29 is 9.18 Å². The van der Waals surface area contributed by atoms with Crippen LogP contribution in [-0.4, -0.2) is 12.5 Å². The van der Waals surface area contributed by atoms with Gasteiger partial charge in [0.2, 0.25) is 0 Å². The molecule has 2 aromatic rings. The van der Waals surface area contributed by atoms with E-state index >= 15 is 0 Å². The lowest BCUT2D eigenvalue weighted by molar-refractivity contribution is 0.0937. The molecule has 4 heteroatoms. The molecule has 0 aliphatic rings. The molecule has 3 N–H and O–H groups in total. The predicted octanol–water partition coefficient (Wildman–Crippen LogP) is 2.56. The van der Waals surface area contributed by atoms with E-state index in [9.17, 15) is 9.18 Å². The van der Waals surface area contributed by atoms with Crippen LogP contribution in [0, 0.1) is 12.7 Å². The van der Waals surface area contributed by atoms with E-state index in [-0.39, 0.29) is 17.8 Å². The van der Waals surface area contributed by atoms with Crippen molar-refractivity contribution >= 4 is 5.91 Å². The van der Waals surface area contributed by atoms with Crippen molar-refractivity contribution in [3.8, 4) is 0 Å². The van der Waals surface area contributed by atoms with Crippen molar-refractivity contribution in [3.63, 3.8) is 0 Å². The first-order valence-electron chi connectivity index (χ1n) is 6.44. The van der Waals surface area contributed by atoms with Gasteiger partial charge in [0, 0.05) is 12.1 Å². The van der Waals surface area contributed by atoms with Gasteiger partial charge < -0.3 is 11.1 Å². The monoisotopic (exact) mass is 272 g/mol. The van der Waals surface area contributed by atoms with Gasteiger partial charge in [-0.05, 0) is 36.2 Å². The lowest BCUT2D eigenvalue weighted by atomic mass is 10.0. The number of rotatable bonds is 4. The predicted molar refractivity (Wildman–Crippen MR) is 76.8 cm³/mol. The van der Waals surface area contributed by atoms with Crippen LogP contribution >= 0.6 is 0 Å².